The van der Waals surface area contributed by atoms with E-state index in [0.717, 1.165) is 42.0 Å². The standard InChI is InChI=1S/C20H24N4O2/c1-14-3-2-8-24(14)20-12-17(16-4-9-26-10-5-18(16)23-20)19(25)11-15-13-21-6-7-22-15/h6-7,12-14H,2-5,8-11H2,1H3/t14-/m1/s1. The summed E-state index contributed by atoms with van der Waals surface area (Å²) in [6.07, 6.45) is 9.01. The average molecular weight is 352 g/mol. The maximum absolute atomic E-state index is 13.1. The summed E-state index contributed by atoms with van der Waals surface area (Å²) >= 11 is 0. The highest BCUT2D eigenvalue weighted by Gasteiger charge is 2.26. The molecule has 0 unspecified atom stereocenters. The minimum absolute atomic E-state index is 0.0825. The molecule has 1 atom stereocenters. The van der Waals surface area contributed by atoms with Crippen LogP contribution in [0.15, 0.2) is 24.7 Å². The van der Waals surface area contributed by atoms with Crippen LogP contribution in [0.2, 0.25) is 0 Å². The Morgan fingerprint density at radius 1 is 1.31 bits per heavy atom. The van der Waals surface area contributed by atoms with Crippen molar-refractivity contribution in [3.63, 3.8) is 0 Å². The number of Topliss-reactive ketones (excluding diaryl/α,β-unsaturated/α-hetero) is 1. The second-order valence-electron chi connectivity index (χ2n) is 7.05. The molecule has 4 rings (SSSR count). The van der Waals surface area contributed by atoms with Gasteiger partial charge in [0.15, 0.2) is 5.78 Å². The number of carbonyl (C=O) groups is 1. The Bertz CT molecular complexity index is 794. The molecule has 0 spiro atoms. The van der Waals surface area contributed by atoms with E-state index in [-0.39, 0.29) is 12.2 Å². The van der Waals surface area contributed by atoms with Crippen LogP contribution in [0, 0.1) is 0 Å². The first kappa shape index (κ1) is 17.1. The molecule has 0 aromatic carbocycles. The second kappa shape index (κ2) is 7.50. The lowest BCUT2D eigenvalue weighted by Gasteiger charge is -2.25. The van der Waals surface area contributed by atoms with E-state index in [9.17, 15) is 4.79 Å². The zero-order valence-electron chi connectivity index (χ0n) is 15.1. The van der Waals surface area contributed by atoms with Gasteiger partial charge in [0.1, 0.15) is 5.82 Å². The van der Waals surface area contributed by atoms with Crippen LogP contribution in [0.25, 0.3) is 0 Å². The first-order valence-electron chi connectivity index (χ1n) is 9.37. The molecule has 4 heterocycles. The first-order chi connectivity index (χ1) is 12.7. The zero-order chi connectivity index (χ0) is 17.9. The van der Waals surface area contributed by atoms with Crippen molar-refractivity contribution >= 4 is 11.6 Å². The Labute approximate surface area is 153 Å². The monoisotopic (exact) mass is 352 g/mol. The summed E-state index contributed by atoms with van der Waals surface area (Å²) in [5, 5.41) is 0. The fourth-order valence-corrected chi connectivity index (χ4v) is 3.89. The molecule has 6 heteroatoms. The number of rotatable bonds is 4. The van der Waals surface area contributed by atoms with Gasteiger partial charge in [-0.25, -0.2) is 4.98 Å². The maximum atomic E-state index is 13.1. The van der Waals surface area contributed by atoms with Gasteiger partial charge in [0.25, 0.3) is 0 Å². The number of fused-ring (bicyclic) bond motifs is 1. The van der Waals surface area contributed by atoms with Gasteiger partial charge in [-0.05, 0) is 37.8 Å². The number of hydrogen-bond donors (Lipinski definition) is 0. The topological polar surface area (TPSA) is 68.2 Å². The molecule has 0 aliphatic carbocycles. The summed E-state index contributed by atoms with van der Waals surface area (Å²) < 4.78 is 5.63. The normalized spacial score (nSPS) is 19.9. The van der Waals surface area contributed by atoms with Gasteiger partial charge < -0.3 is 9.64 Å². The summed E-state index contributed by atoms with van der Waals surface area (Å²) in [4.78, 5) is 28.7. The van der Waals surface area contributed by atoms with Crippen molar-refractivity contribution in [1.82, 2.24) is 15.0 Å². The number of ether oxygens (including phenoxy) is 1. The Balaban J connectivity index is 1.72. The fraction of sp³-hybridized carbons (Fsp3) is 0.500. The molecule has 0 saturated carbocycles. The number of carbonyl (C=O) groups excluding carboxylic acids is 1. The number of anilines is 1. The van der Waals surface area contributed by atoms with E-state index >= 15 is 0 Å². The van der Waals surface area contributed by atoms with Crippen molar-refractivity contribution in [1.29, 1.82) is 0 Å². The lowest BCUT2D eigenvalue weighted by molar-refractivity contribution is 0.0990. The summed E-state index contributed by atoms with van der Waals surface area (Å²) in [7, 11) is 0. The smallest absolute Gasteiger partial charge is 0.169 e. The van der Waals surface area contributed by atoms with Gasteiger partial charge in [-0.15, -0.1) is 0 Å². The van der Waals surface area contributed by atoms with Crippen LogP contribution in [0.5, 0.6) is 0 Å². The van der Waals surface area contributed by atoms with E-state index in [4.69, 9.17) is 9.72 Å². The number of ketones is 1. The molecule has 0 radical (unpaired) electrons. The van der Waals surface area contributed by atoms with E-state index in [1.165, 1.54) is 12.8 Å². The molecule has 1 saturated heterocycles. The third-order valence-electron chi connectivity index (χ3n) is 5.28. The number of hydrogen-bond acceptors (Lipinski definition) is 6. The molecule has 2 aromatic rings. The van der Waals surface area contributed by atoms with Crippen molar-refractivity contribution in [2.75, 3.05) is 24.7 Å². The van der Waals surface area contributed by atoms with Gasteiger partial charge in [0, 0.05) is 48.9 Å². The van der Waals surface area contributed by atoms with Gasteiger partial charge in [0.05, 0.1) is 25.3 Å². The lowest BCUT2D eigenvalue weighted by atomic mass is 9.96. The Hall–Kier alpha value is -2.34. The number of nitrogens with zero attached hydrogens (tertiary/aromatic N) is 4. The molecule has 2 aliphatic heterocycles. The molecule has 26 heavy (non-hydrogen) atoms. The fourth-order valence-electron chi connectivity index (χ4n) is 3.89. The number of aromatic nitrogens is 3. The van der Waals surface area contributed by atoms with E-state index in [1.807, 2.05) is 6.07 Å². The van der Waals surface area contributed by atoms with E-state index in [1.54, 1.807) is 18.6 Å². The zero-order valence-corrected chi connectivity index (χ0v) is 15.1. The maximum Gasteiger partial charge on any atom is 0.169 e. The summed E-state index contributed by atoms with van der Waals surface area (Å²) in [6, 6.07) is 2.45. The molecule has 1 fully saturated rings. The lowest BCUT2D eigenvalue weighted by Crippen LogP contribution is -2.28. The quantitative estimate of drug-likeness (QED) is 0.787. The van der Waals surface area contributed by atoms with Gasteiger partial charge in [-0.1, -0.05) is 0 Å². The highest BCUT2D eigenvalue weighted by molar-refractivity contribution is 5.99. The predicted octanol–water partition coefficient (Wildman–Crippen LogP) is 2.40. The third-order valence-corrected chi connectivity index (χ3v) is 5.28. The van der Waals surface area contributed by atoms with Crippen LogP contribution >= 0.6 is 0 Å². The van der Waals surface area contributed by atoms with E-state index in [0.29, 0.717) is 24.9 Å². The first-order valence-corrected chi connectivity index (χ1v) is 9.37. The minimum atomic E-state index is 0.0825. The van der Waals surface area contributed by atoms with Crippen molar-refractivity contribution in [3.8, 4) is 0 Å². The molecular weight excluding hydrogens is 328 g/mol. The van der Waals surface area contributed by atoms with Gasteiger partial charge >= 0.3 is 0 Å². The molecular formula is C20H24N4O2. The Morgan fingerprint density at radius 3 is 2.96 bits per heavy atom. The third kappa shape index (κ3) is 3.46. The Kier molecular flexibility index (Phi) is 4.93. The molecule has 2 aliphatic rings. The van der Waals surface area contributed by atoms with Crippen molar-refractivity contribution in [2.45, 2.75) is 45.1 Å². The largest absolute Gasteiger partial charge is 0.381 e. The van der Waals surface area contributed by atoms with Crippen LogP contribution in [-0.2, 0) is 24.0 Å². The summed E-state index contributed by atoms with van der Waals surface area (Å²) in [5.74, 6) is 1.01. The van der Waals surface area contributed by atoms with Crippen molar-refractivity contribution in [3.05, 3.63) is 47.2 Å². The van der Waals surface area contributed by atoms with Gasteiger partial charge in [-0.2, -0.15) is 0 Å². The summed E-state index contributed by atoms with van der Waals surface area (Å²) in [5.41, 5.74) is 3.54. The van der Waals surface area contributed by atoms with Crippen LogP contribution < -0.4 is 4.90 Å². The predicted molar refractivity (Wildman–Crippen MR) is 98.6 cm³/mol. The SMILES string of the molecule is C[C@@H]1CCCN1c1cc(C(=O)Cc2cnccn2)c2c(n1)CCOCC2. The molecule has 0 bridgehead atoms. The average Bonchev–Trinajstić information content (AvgIpc) is 2.94. The second-order valence-corrected chi connectivity index (χ2v) is 7.05. The Morgan fingerprint density at radius 2 is 2.19 bits per heavy atom. The van der Waals surface area contributed by atoms with Gasteiger partial charge in [-0.3, -0.25) is 14.8 Å². The van der Waals surface area contributed by atoms with E-state index in [2.05, 4.69) is 21.8 Å². The molecule has 0 amide bonds. The number of pyridine rings is 1. The van der Waals surface area contributed by atoms with E-state index < -0.39 is 0 Å². The highest BCUT2D eigenvalue weighted by Crippen LogP contribution is 2.29. The molecule has 0 N–H and O–H groups in total. The highest BCUT2D eigenvalue weighted by atomic mass is 16.5. The minimum Gasteiger partial charge on any atom is -0.381 e. The summed E-state index contributed by atoms with van der Waals surface area (Å²) in [6.45, 7) is 4.53. The molecule has 6 nitrogen and oxygen atoms in total. The molecule has 2 aromatic heterocycles. The van der Waals surface area contributed by atoms with Crippen molar-refractivity contribution < 1.29 is 9.53 Å². The van der Waals surface area contributed by atoms with Crippen LogP contribution in [0.3, 0.4) is 0 Å². The van der Waals surface area contributed by atoms with Crippen LogP contribution in [-0.4, -0.2) is 46.5 Å². The molecule has 136 valence electrons. The van der Waals surface area contributed by atoms with Crippen molar-refractivity contribution in [2.24, 2.45) is 0 Å². The van der Waals surface area contributed by atoms with Gasteiger partial charge in [0.2, 0.25) is 0 Å². The van der Waals surface area contributed by atoms with Crippen LogP contribution in [0.4, 0.5) is 5.82 Å². The van der Waals surface area contributed by atoms with Crippen LogP contribution in [0.1, 0.15) is 47.1 Å².